The van der Waals surface area contributed by atoms with Crippen LogP contribution < -0.4 is 16.0 Å². The first-order valence-electron chi connectivity index (χ1n) is 12.7. The second-order valence-corrected chi connectivity index (χ2v) is 10.8. The normalized spacial score (nSPS) is 18.2. The molecule has 1 aliphatic rings. The Bertz CT molecular complexity index is 1120. The second-order valence-electron chi connectivity index (χ2n) is 10.8. The van der Waals surface area contributed by atoms with Crippen LogP contribution in [-0.2, 0) is 4.79 Å². The fraction of sp³-hybridized carbons (Fsp3) is 0.448. The maximum atomic E-state index is 13.0. The summed E-state index contributed by atoms with van der Waals surface area (Å²) in [5.74, 6) is -0.416. The number of carboxylic acids is 1. The third-order valence-electron chi connectivity index (χ3n) is 7.18. The number of anilines is 1. The molecule has 0 aliphatic heterocycles. The van der Waals surface area contributed by atoms with Crippen LogP contribution in [0.5, 0.6) is 0 Å². The molecule has 2 aromatic rings. The van der Waals surface area contributed by atoms with E-state index in [1.54, 1.807) is 36.4 Å². The molecule has 3 amide bonds. The summed E-state index contributed by atoms with van der Waals surface area (Å²) in [7, 11) is 0. The van der Waals surface area contributed by atoms with E-state index in [0.717, 1.165) is 31.2 Å². The predicted molar refractivity (Wildman–Crippen MR) is 142 cm³/mol. The number of nitrogens with one attached hydrogen (secondary N) is 3. The maximum absolute atomic E-state index is 13.0. The first kappa shape index (κ1) is 27.7. The molecule has 196 valence electrons. The lowest BCUT2D eigenvalue weighted by atomic mass is 9.68. The van der Waals surface area contributed by atoms with Gasteiger partial charge in [-0.2, -0.15) is 5.26 Å². The molecule has 0 aromatic heterocycles. The van der Waals surface area contributed by atoms with Gasteiger partial charge in [0.05, 0.1) is 24.1 Å². The maximum Gasteiger partial charge on any atom is 0.319 e. The van der Waals surface area contributed by atoms with Crippen molar-refractivity contribution in [2.75, 3.05) is 11.9 Å². The van der Waals surface area contributed by atoms with E-state index in [1.807, 2.05) is 12.1 Å². The zero-order chi connectivity index (χ0) is 27.0. The van der Waals surface area contributed by atoms with Crippen LogP contribution in [0, 0.1) is 28.6 Å². The van der Waals surface area contributed by atoms with Gasteiger partial charge in [0.1, 0.15) is 0 Å². The van der Waals surface area contributed by atoms with Crippen LogP contribution in [0.1, 0.15) is 80.4 Å². The lowest BCUT2D eigenvalue weighted by Crippen LogP contribution is -2.38. The molecule has 1 aliphatic carbocycles. The fourth-order valence-corrected chi connectivity index (χ4v) is 4.96. The van der Waals surface area contributed by atoms with Crippen molar-refractivity contribution >= 4 is 23.6 Å². The third-order valence-corrected chi connectivity index (χ3v) is 7.18. The first-order chi connectivity index (χ1) is 17.6. The summed E-state index contributed by atoms with van der Waals surface area (Å²) in [6.07, 6.45) is 4.02. The Morgan fingerprint density at radius 1 is 1.00 bits per heavy atom. The minimum atomic E-state index is -0.968. The fourth-order valence-electron chi connectivity index (χ4n) is 4.96. The Morgan fingerprint density at radius 2 is 1.62 bits per heavy atom. The van der Waals surface area contributed by atoms with Crippen molar-refractivity contribution in [2.45, 2.75) is 58.9 Å². The van der Waals surface area contributed by atoms with Crippen LogP contribution in [-0.4, -0.2) is 29.6 Å². The molecule has 4 N–H and O–H groups in total. The highest BCUT2D eigenvalue weighted by atomic mass is 16.4. The quantitative estimate of drug-likeness (QED) is 0.378. The summed E-state index contributed by atoms with van der Waals surface area (Å²) in [5, 5.41) is 26.4. The second kappa shape index (κ2) is 12.4. The van der Waals surface area contributed by atoms with Crippen LogP contribution >= 0.6 is 0 Å². The highest BCUT2D eigenvalue weighted by molar-refractivity contribution is 5.94. The molecule has 0 heterocycles. The van der Waals surface area contributed by atoms with Crippen molar-refractivity contribution in [1.29, 1.82) is 5.26 Å². The average Bonchev–Trinajstić information content (AvgIpc) is 2.87. The van der Waals surface area contributed by atoms with Gasteiger partial charge in [-0.1, -0.05) is 32.9 Å². The molecule has 0 saturated heterocycles. The number of benzene rings is 2. The predicted octanol–water partition coefficient (Wildman–Crippen LogP) is 5.48. The van der Waals surface area contributed by atoms with Crippen molar-refractivity contribution < 1.29 is 19.5 Å². The molecule has 1 unspecified atom stereocenters. The number of hydrogen-bond donors (Lipinski definition) is 4. The summed E-state index contributed by atoms with van der Waals surface area (Å²) in [6, 6.07) is 15.3. The van der Waals surface area contributed by atoms with Crippen LogP contribution in [0.3, 0.4) is 0 Å². The molecule has 0 radical (unpaired) electrons. The number of nitriles is 1. The average molecular weight is 505 g/mol. The number of carbonyl (C=O) groups is 3. The van der Waals surface area contributed by atoms with Gasteiger partial charge in [-0.3, -0.25) is 9.59 Å². The molecule has 3 rings (SSSR count). The number of hydrogen-bond acceptors (Lipinski definition) is 4. The zero-order valence-electron chi connectivity index (χ0n) is 21.7. The van der Waals surface area contributed by atoms with Crippen molar-refractivity contribution in [1.82, 2.24) is 10.6 Å². The number of aliphatic carboxylic acids is 1. The monoisotopic (exact) mass is 504 g/mol. The molecule has 8 nitrogen and oxygen atoms in total. The Kier molecular flexibility index (Phi) is 9.29. The smallest absolute Gasteiger partial charge is 0.319 e. The van der Waals surface area contributed by atoms with Gasteiger partial charge in [-0.15, -0.1) is 0 Å². The van der Waals surface area contributed by atoms with E-state index in [9.17, 15) is 14.4 Å². The third kappa shape index (κ3) is 8.07. The number of carbonyl (C=O) groups excluding carboxylic acids is 2. The van der Waals surface area contributed by atoms with Crippen molar-refractivity contribution in [3.8, 4) is 6.07 Å². The molecule has 0 spiro atoms. The van der Waals surface area contributed by atoms with E-state index in [2.05, 4.69) is 42.8 Å². The molecule has 1 saturated carbocycles. The van der Waals surface area contributed by atoms with Crippen LogP contribution in [0.4, 0.5) is 10.5 Å². The Balaban J connectivity index is 1.74. The summed E-state index contributed by atoms with van der Waals surface area (Å²) in [4.78, 5) is 36.0. The Hall–Kier alpha value is -3.86. The van der Waals surface area contributed by atoms with Crippen LogP contribution in [0.25, 0.3) is 0 Å². The van der Waals surface area contributed by atoms with Crippen molar-refractivity contribution in [2.24, 2.45) is 17.3 Å². The molecule has 2 aromatic carbocycles. The summed E-state index contributed by atoms with van der Waals surface area (Å²) in [5.41, 5.74) is 2.71. The number of rotatable bonds is 8. The van der Waals surface area contributed by atoms with E-state index in [0.29, 0.717) is 22.7 Å². The Labute approximate surface area is 218 Å². The van der Waals surface area contributed by atoms with Crippen molar-refractivity contribution in [3.05, 3.63) is 65.2 Å². The zero-order valence-corrected chi connectivity index (χ0v) is 21.7. The van der Waals surface area contributed by atoms with E-state index in [-0.39, 0.29) is 42.3 Å². The molecule has 0 bridgehead atoms. The van der Waals surface area contributed by atoms with Gasteiger partial charge in [0.25, 0.3) is 5.91 Å². The van der Waals surface area contributed by atoms with E-state index in [1.165, 1.54) is 0 Å². The van der Waals surface area contributed by atoms with Crippen LogP contribution in [0.2, 0.25) is 0 Å². The topological polar surface area (TPSA) is 131 Å². The van der Waals surface area contributed by atoms with Gasteiger partial charge in [0, 0.05) is 17.8 Å². The molecular formula is C29H36N4O4. The van der Waals surface area contributed by atoms with Gasteiger partial charge in [0.2, 0.25) is 0 Å². The van der Waals surface area contributed by atoms with Gasteiger partial charge < -0.3 is 21.1 Å². The lowest BCUT2D eigenvalue weighted by Gasteiger charge is -2.39. The van der Waals surface area contributed by atoms with Gasteiger partial charge >= 0.3 is 12.0 Å². The lowest BCUT2D eigenvalue weighted by molar-refractivity contribution is -0.136. The van der Waals surface area contributed by atoms with Gasteiger partial charge in [-0.25, -0.2) is 4.79 Å². The minimum Gasteiger partial charge on any atom is -0.481 e. The molecule has 37 heavy (non-hydrogen) atoms. The summed E-state index contributed by atoms with van der Waals surface area (Å²) >= 11 is 0. The van der Waals surface area contributed by atoms with E-state index < -0.39 is 5.97 Å². The van der Waals surface area contributed by atoms with Gasteiger partial charge in [-0.05, 0) is 84.9 Å². The SMILES string of the molecule is CC(C)(C)C1CCC(C(NC(=O)Nc2ccc(C#N)cc2)c2ccc(C(=O)NCCC(=O)O)cc2)CC1. The molecular weight excluding hydrogens is 468 g/mol. The standard InChI is InChI=1S/C29H36N4O4/c1-29(2,3)23-12-10-21(11-13-23)26(33-28(37)32-24-14-4-19(18-30)5-15-24)20-6-8-22(9-7-20)27(36)31-17-16-25(34)35/h4-9,14-15,21,23,26H,10-13,16-17H2,1-3H3,(H,31,36)(H,34,35)(H2,32,33,37). The summed E-state index contributed by atoms with van der Waals surface area (Å²) in [6.45, 7) is 6.89. The molecule has 1 fully saturated rings. The van der Waals surface area contributed by atoms with Crippen molar-refractivity contribution in [3.63, 3.8) is 0 Å². The number of amides is 3. The van der Waals surface area contributed by atoms with E-state index in [4.69, 9.17) is 10.4 Å². The highest BCUT2D eigenvalue weighted by Crippen LogP contribution is 2.43. The largest absolute Gasteiger partial charge is 0.481 e. The van der Waals surface area contributed by atoms with E-state index >= 15 is 0 Å². The number of urea groups is 1. The number of carboxylic acid groups (broad SMARTS) is 1. The summed E-state index contributed by atoms with van der Waals surface area (Å²) < 4.78 is 0. The molecule has 8 heteroatoms. The number of nitrogens with zero attached hydrogens (tertiary/aromatic N) is 1. The van der Waals surface area contributed by atoms with Crippen LogP contribution in [0.15, 0.2) is 48.5 Å². The minimum absolute atomic E-state index is 0.0621. The molecule has 1 atom stereocenters. The Morgan fingerprint density at radius 3 is 2.16 bits per heavy atom. The first-order valence-corrected chi connectivity index (χ1v) is 12.7. The van der Waals surface area contributed by atoms with Gasteiger partial charge in [0.15, 0.2) is 0 Å². The highest BCUT2D eigenvalue weighted by Gasteiger charge is 2.34.